The first-order valence-electron chi connectivity index (χ1n) is 7.97. The van der Waals surface area contributed by atoms with Crippen LogP contribution in [-0.2, 0) is 14.6 Å². The summed E-state index contributed by atoms with van der Waals surface area (Å²) in [7, 11) is -3.46. The van der Waals surface area contributed by atoms with Gasteiger partial charge in [0.2, 0.25) is 5.91 Å². The lowest BCUT2D eigenvalue weighted by atomic mass is 10.1. The maximum atomic E-state index is 12.2. The van der Waals surface area contributed by atoms with Crippen molar-refractivity contribution in [3.63, 3.8) is 0 Å². The molecule has 0 bridgehead atoms. The number of amides is 1. The van der Waals surface area contributed by atoms with Gasteiger partial charge in [0, 0.05) is 13.0 Å². The molecule has 0 radical (unpaired) electrons. The molecule has 0 aliphatic carbocycles. The maximum Gasteiger partial charge on any atom is 0.221 e. The summed E-state index contributed by atoms with van der Waals surface area (Å²) in [5.41, 5.74) is 0. The van der Waals surface area contributed by atoms with Crippen LogP contribution in [0.5, 0.6) is 5.75 Å². The second-order valence-electron chi connectivity index (χ2n) is 6.24. The molecule has 0 spiro atoms. The molecule has 1 rings (SSSR count). The average molecular weight is 341 g/mol. The van der Waals surface area contributed by atoms with Crippen molar-refractivity contribution in [1.82, 2.24) is 5.32 Å². The number of nitrogens with one attached hydrogen (secondary N) is 1. The van der Waals surface area contributed by atoms with Gasteiger partial charge in [-0.1, -0.05) is 13.8 Å². The summed E-state index contributed by atoms with van der Waals surface area (Å²) in [5.74, 6) is 0.718. The molecule has 6 heteroatoms. The molecule has 0 fully saturated rings. The fraction of sp³-hybridized carbons (Fsp3) is 0.588. The van der Waals surface area contributed by atoms with Crippen LogP contribution in [0, 0.1) is 5.92 Å². The first-order valence-corrected chi connectivity index (χ1v) is 9.62. The summed E-state index contributed by atoms with van der Waals surface area (Å²) in [4.78, 5) is 11.9. The Morgan fingerprint density at radius 1 is 1.13 bits per heavy atom. The lowest BCUT2D eigenvalue weighted by Gasteiger charge is -2.10. The van der Waals surface area contributed by atoms with Crippen molar-refractivity contribution < 1.29 is 17.9 Å². The van der Waals surface area contributed by atoms with Crippen LogP contribution in [0.3, 0.4) is 0 Å². The fourth-order valence-electron chi connectivity index (χ4n) is 1.93. The van der Waals surface area contributed by atoms with Gasteiger partial charge < -0.3 is 10.1 Å². The summed E-state index contributed by atoms with van der Waals surface area (Å²) >= 11 is 0. The molecule has 0 heterocycles. The number of ether oxygens (including phenoxy) is 1. The van der Waals surface area contributed by atoms with Crippen LogP contribution in [0.15, 0.2) is 29.2 Å². The number of carbonyl (C=O) groups excluding carboxylic acids is 1. The maximum absolute atomic E-state index is 12.2. The molecule has 5 nitrogen and oxygen atoms in total. The highest BCUT2D eigenvalue weighted by molar-refractivity contribution is 7.91. The van der Waals surface area contributed by atoms with E-state index in [4.69, 9.17) is 4.74 Å². The smallest absolute Gasteiger partial charge is 0.221 e. The molecule has 23 heavy (non-hydrogen) atoms. The minimum atomic E-state index is -3.46. The molecule has 1 aromatic rings. The zero-order chi connectivity index (χ0) is 17.5. The molecular formula is C17H27NO4S. The number of hydrogen-bond donors (Lipinski definition) is 1. The summed E-state index contributed by atoms with van der Waals surface area (Å²) in [5, 5.41) is 2.75. The second kappa shape index (κ2) is 8.91. The van der Waals surface area contributed by atoms with Crippen LogP contribution >= 0.6 is 0 Å². The van der Waals surface area contributed by atoms with Gasteiger partial charge in [0.25, 0.3) is 0 Å². The van der Waals surface area contributed by atoms with Crippen LogP contribution in [0.1, 0.15) is 40.5 Å². The van der Waals surface area contributed by atoms with Crippen molar-refractivity contribution in [2.24, 2.45) is 5.92 Å². The molecule has 0 saturated carbocycles. The van der Waals surface area contributed by atoms with Gasteiger partial charge in [-0.05, 0) is 50.5 Å². The minimum Gasteiger partial charge on any atom is -0.491 e. The van der Waals surface area contributed by atoms with Gasteiger partial charge in [-0.15, -0.1) is 0 Å². The largest absolute Gasteiger partial charge is 0.491 e. The predicted molar refractivity (Wildman–Crippen MR) is 91.3 cm³/mol. The lowest BCUT2D eigenvalue weighted by molar-refractivity contribution is -0.120. The third-order valence-corrected chi connectivity index (χ3v) is 4.93. The molecule has 0 unspecified atom stereocenters. The van der Waals surface area contributed by atoms with Crippen LogP contribution in [0.2, 0.25) is 0 Å². The zero-order valence-corrected chi connectivity index (χ0v) is 15.2. The third-order valence-electron chi connectivity index (χ3n) is 3.20. The molecule has 0 aliphatic heterocycles. The molecule has 0 atom stereocenters. The van der Waals surface area contributed by atoms with Gasteiger partial charge in [0.1, 0.15) is 5.75 Å². The Labute approximate surface area is 139 Å². The van der Waals surface area contributed by atoms with Crippen LogP contribution in [0.4, 0.5) is 0 Å². The van der Waals surface area contributed by atoms with E-state index in [1.807, 2.05) is 13.8 Å². The Bertz CT molecular complexity index is 592. The summed E-state index contributed by atoms with van der Waals surface area (Å²) in [6.45, 7) is 8.54. The van der Waals surface area contributed by atoms with Gasteiger partial charge in [-0.3, -0.25) is 4.79 Å². The van der Waals surface area contributed by atoms with E-state index in [9.17, 15) is 13.2 Å². The molecule has 1 amide bonds. The van der Waals surface area contributed by atoms with Crippen LogP contribution < -0.4 is 10.1 Å². The van der Waals surface area contributed by atoms with E-state index >= 15 is 0 Å². The van der Waals surface area contributed by atoms with E-state index in [2.05, 4.69) is 19.2 Å². The number of sulfone groups is 1. The standard InChI is InChI=1S/C17H27NO4S/c1-13(2)9-11-18-17(19)10-12-23(20,21)16-7-5-15(6-8-16)22-14(3)4/h5-8,13-14H,9-12H2,1-4H3,(H,18,19). The van der Waals surface area contributed by atoms with Crippen molar-refractivity contribution in [3.05, 3.63) is 24.3 Å². The molecular weight excluding hydrogens is 314 g/mol. The SMILES string of the molecule is CC(C)CCNC(=O)CCS(=O)(=O)c1ccc(OC(C)C)cc1. The van der Waals surface area contributed by atoms with Gasteiger partial charge in [0.05, 0.1) is 16.8 Å². The van der Waals surface area contributed by atoms with Crippen molar-refractivity contribution in [2.75, 3.05) is 12.3 Å². The van der Waals surface area contributed by atoms with Crippen molar-refractivity contribution >= 4 is 15.7 Å². The van der Waals surface area contributed by atoms with Crippen molar-refractivity contribution in [1.29, 1.82) is 0 Å². The van der Waals surface area contributed by atoms with Gasteiger partial charge in [-0.2, -0.15) is 0 Å². The summed E-state index contributed by atoms with van der Waals surface area (Å²) < 4.78 is 29.9. The molecule has 0 saturated heterocycles. The number of hydrogen-bond acceptors (Lipinski definition) is 4. The monoisotopic (exact) mass is 341 g/mol. The molecule has 0 aromatic heterocycles. The van der Waals surface area contributed by atoms with Gasteiger partial charge in [0.15, 0.2) is 9.84 Å². The summed E-state index contributed by atoms with van der Waals surface area (Å²) in [6, 6.07) is 6.30. The third kappa shape index (κ3) is 7.50. The first kappa shape index (κ1) is 19.5. The molecule has 0 aliphatic rings. The van der Waals surface area contributed by atoms with E-state index in [-0.39, 0.29) is 29.1 Å². The van der Waals surface area contributed by atoms with Crippen LogP contribution in [0.25, 0.3) is 0 Å². The number of carbonyl (C=O) groups is 1. The Morgan fingerprint density at radius 3 is 2.26 bits per heavy atom. The fourth-order valence-corrected chi connectivity index (χ4v) is 3.17. The first-order chi connectivity index (χ1) is 10.7. The zero-order valence-electron chi connectivity index (χ0n) is 14.3. The predicted octanol–water partition coefficient (Wildman–Crippen LogP) is 2.80. The Morgan fingerprint density at radius 2 is 1.74 bits per heavy atom. The quantitative estimate of drug-likeness (QED) is 0.749. The second-order valence-corrected chi connectivity index (χ2v) is 8.35. The topological polar surface area (TPSA) is 72.5 Å². The average Bonchev–Trinajstić information content (AvgIpc) is 2.45. The van der Waals surface area contributed by atoms with Crippen LogP contribution in [-0.4, -0.2) is 32.7 Å². The van der Waals surface area contributed by atoms with Gasteiger partial charge in [-0.25, -0.2) is 8.42 Å². The van der Waals surface area contributed by atoms with Gasteiger partial charge >= 0.3 is 0 Å². The van der Waals surface area contributed by atoms with E-state index in [1.165, 1.54) is 12.1 Å². The highest BCUT2D eigenvalue weighted by Crippen LogP contribution is 2.18. The van der Waals surface area contributed by atoms with E-state index in [0.29, 0.717) is 18.2 Å². The number of rotatable bonds is 9. The molecule has 130 valence electrons. The Balaban J connectivity index is 2.53. The lowest BCUT2D eigenvalue weighted by Crippen LogP contribution is -2.27. The Hall–Kier alpha value is -1.56. The minimum absolute atomic E-state index is 0.0231. The normalized spacial score (nSPS) is 11.7. The van der Waals surface area contributed by atoms with Crippen molar-refractivity contribution in [3.8, 4) is 5.75 Å². The van der Waals surface area contributed by atoms with Crippen molar-refractivity contribution in [2.45, 2.75) is 51.5 Å². The molecule has 1 N–H and O–H groups in total. The summed E-state index contributed by atoms with van der Waals surface area (Å²) in [6.07, 6.45) is 0.896. The highest BCUT2D eigenvalue weighted by atomic mass is 32.2. The van der Waals surface area contributed by atoms with E-state index in [0.717, 1.165) is 6.42 Å². The molecule has 1 aromatic carbocycles. The highest BCUT2D eigenvalue weighted by Gasteiger charge is 2.16. The Kier molecular flexibility index (Phi) is 7.55. The number of benzene rings is 1. The van der Waals surface area contributed by atoms with E-state index in [1.54, 1.807) is 12.1 Å². The van der Waals surface area contributed by atoms with E-state index < -0.39 is 9.84 Å².